The van der Waals surface area contributed by atoms with E-state index in [1.807, 2.05) is 0 Å². The SMILES string of the molecule is O=C(c1ccc2c(c1)CCC2)N1CCC2(CCN(CC3CC4CCC3O4)CC2)C1. The van der Waals surface area contributed by atoms with E-state index < -0.39 is 0 Å². The van der Waals surface area contributed by atoms with Gasteiger partial charge in [-0.3, -0.25) is 4.79 Å². The molecule has 5 aliphatic rings. The summed E-state index contributed by atoms with van der Waals surface area (Å²) < 4.78 is 6.06. The van der Waals surface area contributed by atoms with Crippen molar-refractivity contribution in [2.75, 3.05) is 32.7 Å². The van der Waals surface area contributed by atoms with Gasteiger partial charge >= 0.3 is 0 Å². The zero-order chi connectivity index (χ0) is 19.4. The van der Waals surface area contributed by atoms with Gasteiger partial charge in [0.05, 0.1) is 12.2 Å². The van der Waals surface area contributed by atoms with Gasteiger partial charge in [-0.1, -0.05) is 6.07 Å². The van der Waals surface area contributed by atoms with E-state index in [2.05, 4.69) is 28.0 Å². The number of piperidine rings is 1. The molecule has 4 heterocycles. The van der Waals surface area contributed by atoms with Gasteiger partial charge in [0.2, 0.25) is 0 Å². The maximum Gasteiger partial charge on any atom is 0.253 e. The number of hydrogen-bond donors (Lipinski definition) is 0. The predicted octanol–water partition coefficient (Wildman–Crippen LogP) is 3.67. The molecule has 29 heavy (non-hydrogen) atoms. The number of likely N-dealkylation sites (tertiary alicyclic amines) is 2. The summed E-state index contributed by atoms with van der Waals surface area (Å²) in [5.41, 5.74) is 4.14. The normalized spacial score (nSPS) is 33.0. The molecule has 1 spiro atoms. The van der Waals surface area contributed by atoms with Gasteiger partial charge < -0.3 is 14.5 Å². The largest absolute Gasteiger partial charge is 0.375 e. The molecule has 0 radical (unpaired) electrons. The molecule has 156 valence electrons. The van der Waals surface area contributed by atoms with Gasteiger partial charge in [-0.15, -0.1) is 0 Å². The van der Waals surface area contributed by atoms with Crippen LogP contribution in [0, 0.1) is 11.3 Å². The van der Waals surface area contributed by atoms with E-state index in [1.54, 1.807) is 0 Å². The third-order valence-corrected chi connectivity index (χ3v) is 8.71. The number of benzene rings is 1. The van der Waals surface area contributed by atoms with Crippen molar-refractivity contribution in [3.8, 4) is 0 Å². The highest BCUT2D eigenvalue weighted by molar-refractivity contribution is 5.94. The average Bonchev–Trinajstić information content (AvgIpc) is 3.53. The van der Waals surface area contributed by atoms with Crippen LogP contribution in [-0.2, 0) is 17.6 Å². The average molecular weight is 395 g/mol. The highest BCUT2D eigenvalue weighted by Gasteiger charge is 2.45. The number of fused-ring (bicyclic) bond motifs is 3. The van der Waals surface area contributed by atoms with E-state index in [4.69, 9.17) is 4.74 Å². The zero-order valence-electron chi connectivity index (χ0n) is 17.6. The Morgan fingerprint density at radius 3 is 2.69 bits per heavy atom. The third kappa shape index (κ3) is 3.33. The Morgan fingerprint density at radius 2 is 1.90 bits per heavy atom. The molecule has 4 aliphatic heterocycles. The first kappa shape index (κ1) is 18.4. The first-order valence-electron chi connectivity index (χ1n) is 12.0. The molecule has 3 atom stereocenters. The van der Waals surface area contributed by atoms with E-state index in [1.165, 1.54) is 82.1 Å². The van der Waals surface area contributed by atoms with Crippen molar-refractivity contribution in [2.45, 2.75) is 70.0 Å². The molecule has 4 nitrogen and oxygen atoms in total. The van der Waals surface area contributed by atoms with Crippen LogP contribution in [0.3, 0.4) is 0 Å². The van der Waals surface area contributed by atoms with Crippen LogP contribution in [0.4, 0.5) is 0 Å². The molecule has 0 saturated carbocycles. The number of aryl methyl sites for hydroxylation is 2. The summed E-state index contributed by atoms with van der Waals surface area (Å²) in [5, 5.41) is 0. The molecule has 6 rings (SSSR count). The zero-order valence-corrected chi connectivity index (χ0v) is 17.6. The van der Waals surface area contributed by atoms with E-state index in [0.29, 0.717) is 17.6 Å². The topological polar surface area (TPSA) is 32.8 Å². The first-order chi connectivity index (χ1) is 14.2. The molecular formula is C25H34N2O2. The summed E-state index contributed by atoms with van der Waals surface area (Å²) in [6.45, 7) is 5.54. The highest BCUT2D eigenvalue weighted by atomic mass is 16.5. The standard InChI is InChI=1S/C25H34N2O2/c28-24(20-5-4-18-2-1-3-19(18)14-20)27-13-10-25(17-27)8-11-26(12-9-25)16-21-15-22-6-7-23(21)29-22/h4-5,14,21-23H,1-3,6-13,15-17H2. The van der Waals surface area contributed by atoms with Crippen molar-refractivity contribution in [3.05, 3.63) is 34.9 Å². The van der Waals surface area contributed by atoms with Crippen LogP contribution < -0.4 is 0 Å². The fraction of sp³-hybridized carbons (Fsp3) is 0.720. The Balaban J connectivity index is 1.05. The minimum atomic E-state index is 0.262. The quantitative estimate of drug-likeness (QED) is 0.784. The summed E-state index contributed by atoms with van der Waals surface area (Å²) in [5.74, 6) is 1.03. The van der Waals surface area contributed by atoms with E-state index in [0.717, 1.165) is 31.0 Å². The Kier molecular flexibility index (Phi) is 4.50. The maximum atomic E-state index is 13.1. The summed E-state index contributed by atoms with van der Waals surface area (Å²) in [6, 6.07) is 6.44. The number of hydrogen-bond acceptors (Lipinski definition) is 3. The second kappa shape index (κ2) is 7.09. The van der Waals surface area contributed by atoms with Crippen molar-refractivity contribution < 1.29 is 9.53 Å². The molecular weight excluding hydrogens is 360 g/mol. The Hall–Kier alpha value is -1.39. The Morgan fingerprint density at radius 1 is 1.07 bits per heavy atom. The fourth-order valence-electron chi connectivity index (χ4n) is 6.88. The van der Waals surface area contributed by atoms with Gasteiger partial charge in [-0.05, 0) is 99.6 Å². The Bertz CT molecular complexity index is 798. The van der Waals surface area contributed by atoms with Crippen LogP contribution >= 0.6 is 0 Å². The number of amides is 1. The first-order valence-corrected chi connectivity index (χ1v) is 12.0. The van der Waals surface area contributed by atoms with Crippen LogP contribution in [-0.4, -0.2) is 60.6 Å². The molecule has 0 N–H and O–H groups in total. The smallest absolute Gasteiger partial charge is 0.253 e. The number of carbonyl (C=O) groups is 1. The van der Waals surface area contributed by atoms with Crippen molar-refractivity contribution in [1.29, 1.82) is 0 Å². The molecule has 1 amide bonds. The van der Waals surface area contributed by atoms with Gasteiger partial charge in [0.1, 0.15) is 0 Å². The molecule has 1 aromatic carbocycles. The summed E-state index contributed by atoms with van der Waals surface area (Å²) in [4.78, 5) is 18.0. The number of carbonyl (C=O) groups excluding carboxylic acids is 1. The lowest BCUT2D eigenvalue weighted by Crippen LogP contribution is -2.44. The lowest BCUT2D eigenvalue weighted by molar-refractivity contribution is 0.0604. The minimum Gasteiger partial charge on any atom is -0.375 e. The molecule has 4 heteroatoms. The summed E-state index contributed by atoms with van der Waals surface area (Å²) in [7, 11) is 0. The third-order valence-electron chi connectivity index (χ3n) is 8.71. The number of nitrogens with zero attached hydrogens (tertiary/aromatic N) is 2. The molecule has 4 saturated heterocycles. The van der Waals surface area contributed by atoms with Gasteiger partial charge in [-0.2, -0.15) is 0 Å². The minimum absolute atomic E-state index is 0.262. The second-order valence-corrected chi connectivity index (χ2v) is 10.5. The molecule has 4 fully saturated rings. The molecule has 0 aromatic heterocycles. The van der Waals surface area contributed by atoms with Crippen molar-refractivity contribution in [1.82, 2.24) is 9.80 Å². The van der Waals surface area contributed by atoms with Crippen LogP contribution in [0.15, 0.2) is 18.2 Å². The van der Waals surface area contributed by atoms with E-state index in [-0.39, 0.29) is 5.91 Å². The van der Waals surface area contributed by atoms with Gasteiger partial charge in [-0.25, -0.2) is 0 Å². The maximum absolute atomic E-state index is 13.1. The van der Waals surface area contributed by atoms with Gasteiger partial charge in [0.15, 0.2) is 0 Å². The van der Waals surface area contributed by atoms with Gasteiger partial charge in [0.25, 0.3) is 5.91 Å². The number of rotatable bonds is 3. The summed E-state index contributed by atoms with van der Waals surface area (Å²) in [6.07, 6.45) is 12.2. The van der Waals surface area contributed by atoms with E-state index >= 15 is 0 Å². The lowest BCUT2D eigenvalue weighted by atomic mass is 9.77. The summed E-state index contributed by atoms with van der Waals surface area (Å²) >= 11 is 0. The fourth-order valence-corrected chi connectivity index (χ4v) is 6.88. The molecule has 3 unspecified atom stereocenters. The molecule has 1 aliphatic carbocycles. The Labute approximate surface area is 174 Å². The number of ether oxygens (including phenoxy) is 1. The van der Waals surface area contributed by atoms with Crippen LogP contribution in [0.1, 0.15) is 66.4 Å². The highest BCUT2D eigenvalue weighted by Crippen LogP contribution is 2.43. The predicted molar refractivity (Wildman–Crippen MR) is 113 cm³/mol. The second-order valence-electron chi connectivity index (χ2n) is 10.5. The van der Waals surface area contributed by atoms with Crippen molar-refractivity contribution in [2.24, 2.45) is 11.3 Å². The molecule has 2 bridgehead atoms. The monoisotopic (exact) mass is 394 g/mol. The van der Waals surface area contributed by atoms with Crippen molar-refractivity contribution in [3.63, 3.8) is 0 Å². The lowest BCUT2D eigenvalue weighted by Gasteiger charge is -2.40. The van der Waals surface area contributed by atoms with Gasteiger partial charge in [0, 0.05) is 31.1 Å². The molecule has 1 aromatic rings. The van der Waals surface area contributed by atoms with Crippen LogP contribution in [0.2, 0.25) is 0 Å². The van der Waals surface area contributed by atoms with Crippen LogP contribution in [0.25, 0.3) is 0 Å². The van der Waals surface area contributed by atoms with Crippen LogP contribution in [0.5, 0.6) is 0 Å². The van der Waals surface area contributed by atoms with E-state index in [9.17, 15) is 4.79 Å². The van der Waals surface area contributed by atoms with Crippen molar-refractivity contribution >= 4 is 5.91 Å².